The fraction of sp³-hybridized carbons (Fsp3) is 0.556. The van der Waals surface area contributed by atoms with Crippen molar-refractivity contribution < 1.29 is 9.53 Å². The molecule has 1 aromatic rings. The van der Waals surface area contributed by atoms with Gasteiger partial charge >= 0.3 is 0 Å². The van der Waals surface area contributed by atoms with Crippen molar-refractivity contribution >= 4 is 23.6 Å². The van der Waals surface area contributed by atoms with Gasteiger partial charge in [0.2, 0.25) is 0 Å². The van der Waals surface area contributed by atoms with Gasteiger partial charge in [-0.05, 0) is 30.5 Å². The van der Waals surface area contributed by atoms with Crippen LogP contribution in [0.25, 0.3) is 0 Å². The Balaban J connectivity index is 1.77. The zero-order valence-corrected chi connectivity index (χ0v) is 15.8. The highest BCUT2D eigenvalue weighted by molar-refractivity contribution is 8.00. The summed E-state index contributed by atoms with van der Waals surface area (Å²) in [5.41, 5.74) is 6.27. The Kier molecular flexibility index (Phi) is 7.91. The monoisotopic (exact) mass is 364 g/mol. The molecule has 1 aliphatic heterocycles. The summed E-state index contributed by atoms with van der Waals surface area (Å²) in [7, 11) is 1.84. The van der Waals surface area contributed by atoms with Crippen LogP contribution in [0.4, 0.5) is 0 Å². The summed E-state index contributed by atoms with van der Waals surface area (Å²) in [6.07, 6.45) is 2.09. The smallest absolute Gasteiger partial charge is 0.255 e. The number of thioether (sulfide) groups is 1. The lowest BCUT2D eigenvalue weighted by Gasteiger charge is -2.34. The molecular formula is C18H28N4O2S. The number of nitrogens with one attached hydrogen (secondary N) is 1. The van der Waals surface area contributed by atoms with Crippen molar-refractivity contribution in [1.29, 1.82) is 0 Å². The zero-order chi connectivity index (χ0) is 18.1. The number of guanidine groups is 1. The van der Waals surface area contributed by atoms with Gasteiger partial charge in [0.15, 0.2) is 12.6 Å². The van der Waals surface area contributed by atoms with E-state index in [0.29, 0.717) is 11.0 Å². The number of primary amides is 1. The molecule has 6 nitrogen and oxygen atoms in total. The van der Waals surface area contributed by atoms with Gasteiger partial charge in [-0.2, -0.15) is 11.8 Å². The van der Waals surface area contributed by atoms with E-state index in [1.165, 1.54) is 12.0 Å². The topological polar surface area (TPSA) is 79.9 Å². The molecule has 138 valence electrons. The average molecular weight is 365 g/mol. The quantitative estimate of drug-likeness (QED) is 0.566. The van der Waals surface area contributed by atoms with E-state index in [2.05, 4.69) is 33.9 Å². The Morgan fingerprint density at radius 2 is 2.20 bits per heavy atom. The number of rotatable bonds is 7. The molecule has 1 fully saturated rings. The summed E-state index contributed by atoms with van der Waals surface area (Å²) in [6.45, 7) is 5.09. The average Bonchev–Trinajstić information content (AvgIpc) is 2.64. The highest BCUT2D eigenvalue weighted by atomic mass is 32.2. The van der Waals surface area contributed by atoms with Crippen LogP contribution in [0.3, 0.4) is 0 Å². The molecule has 1 aromatic carbocycles. The molecule has 0 bridgehead atoms. The number of aliphatic imine (C=N–C) groups is 1. The second-order valence-electron chi connectivity index (χ2n) is 5.97. The van der Waals surface area contributed by atoms with E-state index >= 15 is 0 Å². The van der Waals surface area contributed by atoms with Crippen molar-refractivity contribution in [2.45, 2.75) is 25.0 Å². The maximum absolute atomic E-state index is 10.7. The first-order chi connectivity index (χ1) is 12.1. The molecule has 3 N–H and O–H groups in total. The molecule has 25 heavy (non-hydrogen) atoms. The second-order valence-corrected chi connectivity index (χ2v) is 7.38. The largest absolute Gasteiger partial charge is 0.484 e. The molecule has 0 saturated carbocycles. The number of ether oxygens (including phenoxy) is 1. The van der Waals surface area contributed by atoms with E-state index in [1.807, 2.05) is 31.3 Å². The van der Waals surface area contributed by atoms with Crippen LogP contribution in [0, 0.1) is 0 Å². The fourth-order valence-electron chi connectivity index (χ4n) is 2.72. The van der Waals surface area contributed by atoms with Gasteiger partial charge in [-0.15, -0.1) is 0 Å². The molecule has 0 aromatic heterocycles. The molecule has 0 radical (unpaired) electrons. The van der Waals surface area contributed by atoms with Gasteiger partial charge in [-0.25, -0.2) is 0 Å². The van der Waals surface area contributed by atoms with Crippen LogP contribution in [-0.4, -0.2) is 61.1 Å². The van der Waals surface area contributed by atoms with Gasteiger partial charge in [-0.3, -0.25) is 9.79 Å². The second kappa shape index (κ2) is 10.2. The van der Waals surface area contributed by atoms with Crippen LogP contribution in [0.5, 0.6) is 5.75 Å². The van der Waals surface area contributed by atoms with Gasteiger partial charge in [0.1, 0.15) is 5.75 Å². The van der Waals surface area contributed by atoms with E-state index < -0.39 is 5.91 Å². The van der Waals surface area contributed by atoms with Gasteiger partial charge in [0.25, 0.3) is 5.91 Å². The lowest BCUT2D eigenvalue weighted by molar-refractivity contribution is -0.119. The Bertz CT molecular complexity index is 577. The molecule has 1 atom stereocenters. The fourth-order valence-corrected chi connectivity index (χ4v) is 3.90. The maximum Gasteiger partial charge on any atom is 0.255 e. The van der Waals surface area contributed by atoms with Crippen molar-refractivity contribution in [2.24, 2.45) is 10.7 Å². The van der Waals surface area contributed by atoms with E-state index in [0.717, 1.165) is 37.8 Å². The molecule has 1 heterocycles. The van der Waals surface area contributed by atoms with E-state index in [-0.39, 0.29) is 6.61 Å². The van der Waals surface area contributed by atoms with Gasteiger partial charge < -0.3 is 20.7 Å². The minimum Gasteiger partial charge on any atom is -0.484 e. The molecule has 1 saturated heterocycles. The third-order valence-electron chi connectivity index (χ3n) is 4.11. The SMILES string of the molecule is CCC1CN(C(=NC)NCCc2ccc(OCC(N)=O)cc2)CCS1. The molecule has 0 spiro atoms. The lowest BCUT2D eigenvalue weighted by Crippen LogP contribution is -2.48. The van der Waals surface area contributed by atoms with Crippen molar-refractivity contribution in [3.8, 4) is 5.75 Å². The van der Waals surface area contributed by atoms with Crippen LogP contribution in [-0.2, 0) is 11.2 Å². The van der Waals surface area contributed by atoms with Crippen LogP contribution in [0.1, 0.15) is 18.9 Å². The molecular weight excluding hydrogens is 336 g/mol. The number of carbonyl (C=O) groups excluding carboxylic acids is 1. The normalized spacial score (nSPS) is 18.1. The number of carbonyl (C=O) groups is 1. The van der Waals surface area contributed by atoms with Gasteiger partial charge in [0.05, 0.1) is 0 Å². The summed E-state index contributed by atoms with van der Waals surface area (Å²) in [5, 5.41) is 4.16. The number of hydrogen-bond acceptors (Lipinski definition) is 4. The maximum atomic E-state index is 10.7. The number of nitrogens with two attached hydrogens (primary N) is 1. The number of benzene rings is 1. The van der Waals surface area contributed by atoms with Crippen LogP contribution in [0.15, 0.2) is 29.3 Å². The Morgan fingerprint density at radius 3 is 2.84 bits per heavy atom. The first-order valence-corrected chi connectivity index (χ1v) is 9.74. The summed E-state index contributed by atoms with van der Waals surface area (Å²) >= 11 is 2.06. The molecule has 1 aliphatic rings. The van der Waals surface area contributed by atoms with Crippen molar-refractivity contribution in [2.75, 3.05) is 39.0 Å². The first-order valence-electron chi connectivity index (χ1n) is 8.69. The van der Waals surface area contributed by atoms with Crippen molar-refractivity contribution in [1.82, 2.24) is 10.2 Å². The minimum absolute atomic E-state index is 0.0932. The van der Waals surface area contributed by atoms with Crippen LogP contribution in [0.2, 0.25) is 0 Å². The molecule has 2 rings (SSSR count). The Morgan fingerprint density at radius 1 is 1.44 bits per heavy atom. The van der Waals surface area contributed by atoms with Crippen molar-refractivity contribution in [3.63, 3.8) is 0 Å². The number of nitrogens with zero attached hydrogens (tertiary/aromatic N) is 2. The zero-order valence-electron chi connectivity index (χ0n) is 15.0. The van der Waals surface area contributed by atoms with Crippen molar-refractivity contribution in [3.05, 3.63) is 29.8 Å². The third kappa shape index (κ3) is 6.49. The summed E-state index contributed by atoms with van der Waals surface area (Å²) in [6, 6.07) is 7.73. The third-order valence-corrected chi connectivity index (χ3v) is 5.48. The van der Waals surface area contributed by atoms with Gasteiger partial charge in [-0.1, -0.05) is 19.1 Å². The Labute approximate surface area is 154 Å². The lowest BCUT2D eigenvalue weighted by atomic mass is 10.1. The number of hydrogen-bond donors (Lipinski definition) is 2. The predicted molar refractivity (Wildman–Crippen MR) is 104 cm³/mol. The minimum atomic E-state index is -0.471. The molecule has 1 amide bonds. The molecule has 1 unspecified atom stereocenters. The van der Waals surface area contributed by atoms with E-state index in [1.54, 1.807) is 0 Å². The summed E-state index contributed by atoms with van der Waals surface area (Å²) < 4.78 is 5.26. The predicted octanol–water partition coefficient (Wildman–Crippen LogP) is 1.50. The van der Waals surface area contributed by atoms with E-state index in [4.69, 9.17) is 10.5 Å². The summed E-state index contributed by atoms with van der Waals surface area (Å²) in [4.78, 5) is 17.5. The standard InChI is InChI=1S/C18H28N4O2S/c1-3-16-12-22(10-11-25-16)18(20-2)21-9-8-14-4-6-15(7-5-14)24-13-17(19)23/h4-7,16H,3,8-13H2,1-2H3,(H2,19,23)(H,20,21). The molecule has 0 aliphatic carbocycles. The highest BCUT2D eigenvalue weighted by Crippen LogP contribution is 2.21. The molecule has 7 heteroatoms. The Hall–Kier alpha value is -1.89. The number of amides is 1. The van der Waals surface area contributed by atoms with E-state index in [9.17, 15) is 4.79 Å². The van der Waals surface area contributed by atoms with Crippen LogP contribution < -0.4 is 15.8 Å². The van der Waals surface area contributed by atoms with Crippen LogP contribution >= 0.6 is 11.8 Å². The highest BCUT2D eigenvalue weighted by Gasteiger charge is 2.21. The first kappa shape index (κ1) is 19.4. The van der Waals surface area contributed by atoms with Gasteiger partial charge in [0, 0.05) is 37.7 Å². The summed E-state index contributed by atoms with van der Waals surface area (Å²) in [5.74, 6) is 2.33.